The molecule has 0 saturated heterocycles. The number of amides is 1. The summed E-state index contributed by atoms with van der Waals surface area (Å²) in [6.07, 6.45) is 4.17. The molecule has 0 spiro atoms. The van der Waals surface area contributed by atoms with Crippen LogP contribution < -0.4 is 10.1 Å². The van der Waals surface area contributed by atoms with Crippen LogP contribution in [0.3, 0.4) is 0 Å². The Labute approximate surface area is 138 Å². The molecule has 2 aromatic rings. The average Bonchev–Trinajstić information content (AvgIpc) is 2.53. The lowest BCUT2D eigenvalue weighted by atomic mass is 10.0. The van der Waals surface area contributed by atoms with Crippen molar-refractivity contribution in [1.82, 2.24) is 5.32 Å². The van der Waals surface area contributed by atoms with Gasteiger partial charge >= 0.3 is 0 Å². The van der Waals surface area contributed by atoms with Gasteiger partial charge in [0.25, 0.3) is 0 Å². The van der Waals surface area contributed by atoms with Crippen LogP contribution in [0.15, 0.2) is 59.1 Å². The van der Waals surface area contributed by atoms with Crippen LogP contribution in [0.1, 0.15) is 23.6 Å². The third kappa shape index (κ3) is 3.57. The first-order valence-electron chi connectivity index (χ1n) is 7.18. The molecular weight excluding hydrogens is 342 g/mol. The molecule has 0 aliphatic carbocycles. The second-order valence-electron chi connectivity index (χ2n) is 5.12. The van der Waals surface area contributed by atoms with Gasteiger partial charge in [-0.1, -0.05) is 46.3 Å². The van der Waals surface area contributed by atoms with Gasteiger partial charge in [-0.25, -0.2) is 0 Å². The first-order chi connectivity index (χ1) is 10.7. The zero-order valence-electron chi connectivity index (χ0n) is 12.0. The van der Waals surface area contributed by atoms with E-state index in [1.54, 1.807) is 6.08 Å². The van der Waals surface area contributed by atoms with Crippen molar-refractivity contribution < 1.29 is 9.53 Å². The molecule has 0 bridgehead atoms. The number of hydrogen-bond donors (Lipinski definition) is 1. The highest BCUT2D eigenvalue weighted by atomic mass is 79.9. The molecule has 0 radical (unpaired) electrons. The topological polar surface area (TPSA) is 38.3 Å². The second kappa shape index (κ2) is 6.79. The Kier molecular flexibility index (Phi) is 4.59. The summed E-state index contributed by atoms with van der Waals surface area (Å²) in [5.41, 5.74) is 2.02. The van der Waals surface area contributed by atoms with E-state index in [2.05, 4.69) is 21.2 Å². The number of fused-ring (bicyclic) bond motifs is 1. The second-order valence-corrected chi connectivity index (χ2v) is 6.04. The number of benzene rings is 2. The number of para-hydroxylation sites is 1. The van der Waals surface area contributed by atoms with Gasteiger partial charge in [0.05, 0.1) is 12.6 Å². The maximum absolute atomic E-state index is 12.1. The van der Waals surface area contributed by atoms with Crippen LogP contribution in [0.25, 0.3) is 6.08 Å². The molecule has 1 atom stereocenters. The lowest BCUT2D eigenvalue weighted by Gasteiger charge is -2.26. The number of nitrogens with one attached hydrogen (secondary N) is 1. The fourth-order valence-corrected chi connectivity index (χ4v) is 2.91. The SMILES string of the molecule is O=C(/C=C/c1cccc(Br)c1)N[C@H]1CCOc2ccccc21. The Bertz CT molecular complexity index is 712. The van der Waals surface area contributed by atoms with Crippen LogP contribution >= 0.6 is 15.9 Å². The lowest BCUT2D eigenvalue weighted by Crippen LogP contribution is -2.30. The van der Waals surface area contributed by atoms with Gasteiger partial charge in [0.15, 0.2) is 0 Å². The summed E-state index contributed by atoms with van der Waals surface area (Å²) >= 11 is 3.42. The molecule has 1 heterocycles. The monoisotopic (exact) mass is 357 g/mol. The molecule has 1 N–H and O–H groups in total. The Balaban J connectivity index is 1.68. The summed E-state index contributed by atoms with van der Waals surface area (Å²) in [6, 6.07) is 15.7. The molecule has 1 amide bonds. The van der Waals surface area contributed by atoms with Crippen LogP contribution in [-0.2, 0) is 4.79 Å². The highest BCUT2D eigenvalue weighted by Gasteiger charge is 2.21. The largest absolute Gasteiger partial charge is 0.493 e. The van der Waals surface area contributed by atoms with Gasteiger partial charge in [-0.15, -0.1) is 0 Å². The predicted molar refractivity (Wildman–Crippen MR) is 90.6 cm³/mol. The van der Waals surface area contributed by atoms with Gasteiger partial charge in [-0.2, -0.15) is 0 Å². The molecule has 1 aliphatic heterocycles. The van der Waals surface area contributed by atoms with E-state index in [-0.39, 0.29) is 11.9 Å². The molecule has 0 unspecified atom stereocenters. The minimum absolute atomic E-state index is 0.00427. The van der Waals surface area contributed by atoms with Crippen LogP contribution in [-0.4, -0.2) is 12.5 Å². The highest BCUT2D eigenvalue weighted by molar-refractivity contribution is 9.10. The Hall–Kier alpha value is -2.07. The van der Waals surface area contributed by atoms with E-state index in [4.69, 9.17) is 4.74 Å². The van der Waals surface area contributed by atoms with E-state index in [1.807, 2.05) is 54.6 Å². The fraction of sp³-hybridized carbons (Fsp3) is 0.167. The fourth-order valence-electron chi connectivity index (χ4n) is 2.49. The van der Waals surface area contributed by atoms with Crippen molar-refractivity contribution in [3.63, 3.8) is 0 Å². The van der Waals surface area contributed by atoms with Gasteiger partial charge in [0, 0.05) is 22.5 Å². The van der Waals surface area contributed by atoms with Crippen molar-refractivity contribution >= 4 is 27.9 Å². The highest BCUT2D eigenvalue weighted by Crippen LogP contribution is 2.31. The molecule has 112 valence electrons. The van der Waals surface area contributed by atoms with Gasteiger partial charge in [0.1, 0.15) is 5.75 Å². The van der Waals surface area contributed by atoms with Crippen LogP contribution in [0.5, 0.6) is 5.75 Å². The summed E-state index contributed by atoms with van der Waals surface area (Å²) in [4.78, 5) is 12.1. The summed E-state index contributed by atoms with van der Waals surface area (Å²) in [5, 5.41) is 3.04. The van der Waals surface area contributed by atoms with Crippen LogP contribution in [0, 0.1) is 0 Å². The van der Waals surface area contributed by atoms with Gasteiger partial charge in [0.2, 0.25) is 5.91 Å². The molecule has 0 fully saturated rings. The zero-order chi connectivity index (χ0) is 15.4. The number of carbonyl (C=O) groups excluding carboxylic acids is 1. The van der Waals surface area contributed by atoms with Crippen molar-refractivity contribution in [3.8, 4) is 5.75 Å². The van der Waals surface area contributed by atoms with E-state index in [0.29, 0.717) is 6.61 Å². The number of ether oxygens (including phenoxy) is 1. The maximum Gasteiger partial charge on any atom is 0.244 e. The third-order valence-corrected chi connectivity index (χ3v) is 4.04. The Morgan fingerprint density at radius 3 is 2.95 bits per heavy atom. The van der Waals surface area contributed by atoms with E-state index >= 15 is 0 Å². The number of hydrogen-bond acceptors (Lipinski definition) is 2. The van der Waals surface area contributed by atoms with E-state index in [0.717, 1.165) is 27.8 Å². The molecule has 2 aromatic carbocycles. The predicted octanol–water partition coefficient (Wildman–Crippen LogP) is 4.10. The first kappa shape index (κ1) is 14.9. The molecule has 22 heavy (non-hydrogen) atoms. The number of halogens is 1. The first-order valence-corrected chi connectivity index (χ1v) is 7.97. The normalized spacial score (nSPS) is 16.9. The summed E-state index contributed by atoms with van der Waals surface area (Å²) in [6.45, 7) is 0.622. The van der Waals surface area contributed by atoms with Gasteiger partial charge in [-0.3, -0.25) is 4.79 Å². The van der Waals surface area contributed by atoms with Gasteiger partial charge < -0.3 is 10.1 Å². The molecule has 3 nitrogen and oxygen atoms in total. The van der Waals surface area contributed by atoms with Gasteiger partial charge in [-0.05, 0) is 29.8 Å². The molecule has 4 heteroatoms. The van der Waals surface area contributed by atoms with Crippen molar-refractivity contribution in [3.05, 3.63) is 70.2 Å². The molecule has 1 aliphatic rings. The van der Waals surface area contributed by atoms with Crippen molar-refractivity contribution in [1.29, 1.82) is 0 Å². The van der Waals surface area contributed by atoms with Crippen LogP contribution in [0.2, 0.25) is 0 Å². The number of carbonyl (C=O) groups is 1. The molecular formula is C18H16BrNO2. The Morgan fingerprint density at radius 1 is 1.23 bits per heavy atom. The minimum atomic E-state index is -0.0957. The molecule has 3 rings (SSSR count). The molecule has 0 saturated carbocycles. The summed E-state index contributed by atoms with van der Waals surface area (Å²) in [5.74, 6) is 0.761. The van der Waals surface area contributed by atoms with E-state index in [9.17, 15) is 4.79 Å². The standard InChI is InChI=1S/C18H16BrNO2/c19-14-5-3-4-13(12-14)8-9-18(21)20-16-10-11-22-17-7-2-1-6-15(16)17/h1-9,12,16H,10-11H2,(H,20,21)/b9-8+/t16-/m0/s1. The summed E-state index contributed by atoms with van der Waals surface area (Å²) < 4.78 is 6.60. The van der Waals surface area contributed by atoms with Crippen LogP contribution in [0.4, 0.5) is 0 Å². The van der Waals surface area contributed by atoms with Crippen molar-refractivity contribution in [2.24, 2.45) is 0 Å². The third-order valence-electron chi connectivity index (χ3n) is 3.55. The molecule has 0 aromatic heterocycles. The average molecular weight is 358 g/mol. The van der Waals surface area contributed by atoms with E-state index < -0.39 is 0 Å². The van der Waals surface area contributed by atoms with Crippen molar-refractivity contribution in [2.45, 2.75) is 12.5 Å². The minimum Gasteiger partial charge on any atom is -0.493 e. The zero-order valence-corrected chi connectivity index (χ0v) is 13.5. The lowest BCUT2D eigenvalue weighted by molar-refractivity contribution is -0.117. The van der Waals surface area contributed by atoms with E-state index in [1.165, 1.54) is 0 Å². The summed E-state index contributed by atoms with van der Waals surface area (Å²) in [7, 11) is 0. The maximum atomic E-state index is 12.1. The quantitative estimate of drug-likeness (QED) is 0.839. The number of rotatable bonds is 3. The smallest absolute Gasteiger partial charge is 0.244 e. The van der Waals surface area contributed by atoms with Crippen molar-refractivity contribution in [2.75, 3.05) is 6.61 Å². The Morgan fingerprint density at radius 2 is 2.09 bits per heavy atom.